The van der Waals surface area contributed by atoms with Gasteiger partial charge in [-0.15, -0.1) is 0 Å². The highest BCUT2D eigenvalue weighted by atomic mass is 16.6. The standard InChI is InChI=1S/C10H7N5O3/c11-10(16)8-4-7(2-1-3-13-14-12)5-9(6-8)15(17)18/h4-6H,3H2,(H2,11,16). The van der Waals surface area contributed by atoms with Crippen molar-refractivity contribution in [1.82, 2.24) is 0 Å². The molecule has 0 atom stereocenters. The van der Waals surface area contributed by atoms with Crippen molar-refractivity contribution in [3.8, 4) is 11.8 Å². The normalized spacial score (nSPS) is 8.67. The van der Waals surface area contributed by atoms with E-state index in [1.165, 1.54) is 12.1 Å². The van der Waals surface area contributed by atoms with Crippen LogP contribution >= 0.6 is 0 Å². The Morgan fingerprint density at radius 3 is 2.83 bits per heavy atom. The number of carbonyl (C=O) groups is 1. The largest absolute Gasteiger partial charge is 0.366 e. The molecule has 0 heterocycles. The second-order valence-corrected chi connectivity index (χ2v) is 3.08. The van der Waals surface area contributed by atoms with E-state index in [-0.39, 0.29) is 23.4 Å². The third kappa shape index (κ3) is 3.52. The summed E-state index contributed by atoms with van der Waals surface area (Å²) >= 11 is 0. The molecule has 0 aliphatic heterocycles. The first-order chi connectivity index (χ1) is 8.54. The summed E-state index contributed by atoms with van der Waals surface area (Å²) in [5.41, 5.74) is 13.1. The number of rotatable bonds is 3. The first kappa shape index (κ1) is 13.0. The molecule has 0 fully saturated rings. The topological polar surface area (TPSA) is 135 Å². The first-order valence-electron chi connectivity index (χ1n) is 4.63. The van der Waals surface area contributed by atoms with Gasteiger partial charge in [-0.3, -0.25) is 14.9 Å². The van der Waals surface area contributed by atoms with Crippen molar-refractivity contribution < 1.29 is 9.72 Å². The smallest absolute Gasteiger partial charge is 0.271 e. The Hall–Kier alpha value is -3.04. The van der Waals surface area contributed by atoms with Crippen molar-refractivity contribution in [1.29, 1.82) is 0 Å². The van der Waals surface area contributed by atoms with Crippen molar-refractivity contribution in [2.24, 2.45) is 10.8 Å². The summed E-state index contributed by atoms with van der Waals surface area (Å²) in [6.07, 6.45) is 0. The van der Waals surface area contributed by atoms with Gasteiger partial charge in [-0.25, -0.2) is 0 Å². The number of benzene rings is 1. The van der Waals surface area contributed by atoms with Crippen molar-refractivity contribution in [2.75, 3.05) is 6.54 Å². The molecule has 0 saturated carbocycles. The number of carbonyl (C=O) groups excluding carboxylic acids is 1. The van der Waals surface area contributed by atoms with E-state index >= 15 is 0 Å². The summed E-state index contributed by atoms with van der Waals surface area (Å²) in [4.78, 5) is 23.5. The zero-order chi connectivity index (χ0) is 13.5. The lowest BCUT2D eigenvalue weighted by Crippen LogP contribution is -2.11. The summed E-state index contributed by atoms with van der Waals surface area (Å²) in [5.74, 6) is 4.25. The second-order valence-electron chi connectivity index (χ2n) is 3.08. The number of hydrogen-bond donors (Lipinski definition) is 1. The third-order valence-electron chi connectivity index (χ3n) is 1.86. The molecule has 0 aliphatic rings. The predicted octanol–water partition coefficient (Wildman–Crippen LogP) is 1.36. The summed E-state index contributed by atoms with van der Waals surface area (Å²) in [6.45, 7) is -0.0644. The van der Waals surface area contributed by atoms with Crippen LogP contribution in [-0.2, 0) is 0 Å². The predicted molar refractivity (Wildman–Crippen MR) is 62.5 cm³/mol. The second kappa shape index (κ2) is 5.89. The maximum Gasteiger partial charge on any atom is 0.271 e. The van der Waals surface area contributed by atoms with Crippen molar-refractivity contribution >= 4 is 11.6 Å². The molecule has 0 bridgehead atoms. The van der Waals surface area contributed by atoms with Gasteiger partial charge in [-0.05, 0) is 11.6 Å². The van der Waals surface area contributed by atoms with Crippen LogP contribution in [0.5, 0.6) is 0 Å². The van der Waals surface area contributed by atoms with Gasteiger partial charge < -0.3 is 5.73 Å². The minimum absolute atomic E-state index is 0.00251. The van der Waals surface area contributed by atoms with Crippen LogP contribution in [0.1, 0.15) is 15.9 Å². The number of nitrogens with two attached hydrogens (primary N) is 1. The van der Waals surface area contributed by atoms with Crippen LogP contribution in [0.2, 0.25) is 0 Å². The Kier molecular flexibility index (Phi) is 4.26. The number of nitro benzene ring substituents is 1. The molecule has 1 amide bonds. The van der Waals surface area contributed by atoms with Crippen LogP contribution in [0, 0.1) is 22.0 Å². The number of non-ortho nitro benzene ring substituents is 1. The quantitative estimate of drug-likeness (QED) is 0.215. The van der Waals surface area contributed by atoms with Crippen LogP contribution in [0.25, 0.3) is 10.4 Å². The van der Waals surface area contributed by atoms with Gasteiger partial charge in [-0.2, -0.15) is 0 Å². The lowest BCUT2D eigenvalue weighted by molar-refractivity contribution is -0.384. The fourth-order valence-electron chi connectivity index (χ4n) is 1.14. The zero-order valence-electron chi connectivity index (χ0n) is 9.03. The van der Waals surface area contributed by atoms with Gasteiger partial charge in [0.15, 0.2) is 0 Å². The number of amides is 1. The fraction of sp³-hybridized carbons (Fsp3) is 0.100. The summed E-state index contributed by atoms with van der Waals surface area (Å²) in [6, 6.07) is 3.61. The number of nitro groups is 1. The number of primary amides is 1. The van der Waals surface area contributed by atoms with E-state index in [9.17, 15) is 14.9 Å². The molecule has 90 valence electrons. The SMILES string of the molecule is [N-]=[N+]=NCC#Cc1cc(C(N)=O)cc([N+](=O)[O-])c1. The van der Waals surface area contributed by atoms with Crippen molar-refractivity contribution in [3.63, 3.8) is 0 Å². The van der Waals surface area contributed by atoms with Crippen molar-refractivity contribution in [3.05, 3.63) is 49.9 Å². The van der Waals surface area contributed by atoms with E-state index in [0.29, 0.717) is 0 Å². The molecule has 1 aromatic carbocycles. The minimum atomic E-state index is -0.781. The molecule has 0 aromatic heterocycles. The van der Waals surface area contributed by atoms with E-state index in [0.717, 1.165) is 6.07 Å². The van der Waals surface area contributed by atoms with E-state index < -0.39 is 10.8 Å². The van der Waals surface area contributed by atoms with Gasteiger partial charge in [-0.1, -0.05) is 17.0 Å². The van der Waals surface area contributed by atoms with Crippen LogP contribution in [-0.4, -0.2) is 17.4 Å². The average molecular weight is 245 g/mol. The zero-order valence-corrected chi connectivity index (χ0v) is 9.03. The third-order valence-corrected chi connectivity index (χ3v) is 1.86. The Labute approximate surface area is 101 Å². The molecule has 18 heavy (non-hydrogen) atoms. The van der Waals surface area contributed by atoms with E-state index in [1.54, 1.807) is 0 Å². The molecule has 0 radical (unpaired) electrons. The van der Waals surface area contributed by atoms with Crippen LogP contribution in [0.4, 0.5) is 5.69 Å². The Balaban J connectivity index is 3.17. The van der Waals surface area contributed by atoms with Crippen LogP contribution in [0.3, 0.4) is 0 Å². The number of azide groups is 1. The van der Waals surface area contributed by atoms with Crippen LogP contribution < -0.4 is 5.73 Å². The Bertz CT molecular complexity index is 575. The molecule has 8 nitrogen and oxygen atoms in total. The van der Waals surface area contributed by atoms with Gasteiger partial charge in [0.1, 0.15) is 0 Å². The Morgan fingerprint density at radius 2 is 2.28 bits per heavy atom. The summed E-state index contributed by atoms with van der Waals surface area (Å²) < 4.78 is 0. The molecular formula is C10H7N5O3. The fourth-order valence-corrected chi connectivity index (χ4v) is 1.14. The monoisotopic (exact) mass is 245 g/mol. The molecule has 0 aliphatic carbocycles. The van der Waals surface area contributed by atoms with E-state index in [2.05, 4.69) is 21.9 Å². The highest BCUT2D eigenvalue weighted by Crippen LogP contribution is 2.16. The number of hydrogen-bond acceptors (Lipinski definition) is 4. The lowest BCUT2D eigenvalue weighted by Gasteiger charge is -1.97. The molecule has 8 heteroatoms. The molecule has 0 spiro atoms. The van der Waals surface area contributed by atoms with Gasteiger partial charge >= 0.3 is 0 Å². The minimum Gasteiger partial charge on any atom is -0.366 e. The molecule has 1 aromatic rings. The highest BCUT2D eigenvalue weighted by molar-refractivity contribution is 5.93. The molecule has 2 N–H and O–H groups in total. The van der Waals surface area contributed by atoms with E-state index in [1.807, 2.05) is 0 Å². The summed E-state index contributed by atoms with van der Waals surface area (Å²) in [5, 5.41) is 13.8. The maximum absolute atomic E-state index is 11.0. The summed E-state index contributed by atoms with van der Waals surface area (Å²) in [7, 11) is 0. The van der Waals surface area contributed by atoms with E-state index in [4.69, 9.17) is 11.3 Å². The van der Waals surface area contributed by atoms with Crippen molar-refractivity contribution in [2.45, 2.75) is 0 Å². The lowest BCUT2D eigenvalue weighted by atomic mass is 10.1. The molecule has 1 rings (SSSR count). The number of nitrogens with zero attached hydrogens (tertiary/aromatic N) is 4. The maximum atomic E-state index is 11.0. The van der Waals surface area contributed by atoms with Crippen LogP contribution in [0.15, 0.2) is 23.3 Å². The molecule has 0 unspecified atom stereocenters. The Morgan fingerprint density at radius 1 is 1.56 bits per heavy atom. The molecule has 0 saturated heterocycles. The van der Waals surface area contributed by atoms with Gasteiger partial charge in [0, 0.05) is 28.2 Å². The average Bonchev–Trinajstić information content (AvgIpc) is 2.34. The van der Waals surface area contributed by atoms with Gasteiger partial charge in [0.05, 0.1) is 11.5 Å². The molecular weight excluding hydrogens is 238 g/mol. The van der Waals surface area contributed by atoms with Gasteiger partial charge in [0.2, 0.25) is 5.91 Å². The highest BCUT2D eigenvalue weighted by Gasteiger charge is 2.11. The first-order valence-corrected chi connectivity index (χ1v) is 4.63. The van der Waals surface area contributed by atoms with Gasteiger partial charge in [0.25, 0.3) is 5.69 Å².